The van der Waals surface area contributed by atoms with Gasteiger partial charge in [0.1, 0.15) is 12.4 Å². The molecule has 124 valence electrons. The number of thioether (sulfide) groups is 1. The molecular weight excluding hydrogens is 310 g/mol. The standard InChI is InChI=1S/C18H23NO3S/c1-3-12-22-13-15-8-10-19(11-9-15)18(20)14-23-17-6-4-16(21-2)5-7-17/h1,4-7,15H,8-14H2,2H3. The largest absolute Gasteiger partial charge is 0.497 e. The fraction of sp³-hybridized carbons (Fsp3) is 0.500. The van der Waals surface area contributed by atoms with Crippen LogP contribution in [-0.2, 0) is 9.53 Å². The predicted octanol–water partition coefficient (Wildman–Crippen LogP) is 2.68. The van der Waals surface area contributed by atoms with Crippen molar-refractivity contribution in [3.63, 3.8) is 0 Å². The van der Waals surface area contributed by atoms with Crippen LogP contribution in [0.5, 0.6) is 5.75 Å². The van der Waals surface area contributed by atoms with Crippen LogP contribution in [0, 0.1) is 18.3 Å². The number of carbonyl (C=O) groups excluding carboxylic acids is 1. The molecule has 0 spiro atoms. The van der Waals surface area contributed by atoms with E-state index in [2.05, 4.69) is 5.92 Å². The first-order valence-electron chi connectivity index (χ1n) is 7.78. The third kappa shape index (κ3) is 5.81. The highest BCUT2D eigenvalue weighted by Gasteiger charge is 2.22. The van der Waals surface area contributed by atoms with Crippen LogP contribution < -0.4 is 4.74 Å². The number of hydrogen-bond donors (Lipinski definition) is 0. The third-order valence-corrected chi connectivity index (χ3v) is 4.92. The summed E-state index contributed by atoms with van der Waals surface area (Å²) in [6.45, 7) is 2.70. The molecule has 0 aliphatic carbocycles. The highest BCUT2D eigenvalue weighted by Crippen LogP contribution is 2.23. The zero-order valence-electron chi connectivity index (χ0n) is 13.5. The van der Waals surface area contributed by atoms with Gasteiger partial charge in [0.05, 0.1) is 19.5 Å². The molecule has 0 unspecified atom stereocenters. The third-order valence-electron chi connectivity index (χ3n) is 3.93. The maximum atomic E-state index is 12.3. The van der Waals surface area contributed by atoms with Crippen LogP contribution in [0.4, 0.5) is 0 Å². The minimum Gasteiger partial charge on any atom is -0.497 e. The van der Waals surface area contributed by atoms with Crippen molar-refractivity contribution in [2.24, 2.45) is 5.92 Å². The normalized spacial score (nSPS) is 15.2. The molecule has 0 aromatic heterocycles. The first-order valence-corrected chi connectivity index (χ1v) is 8.77. The molecule has 0 saturated carbocycles. The van der Waals surface area contributed by atoms with E-state index in [0.717, 1.165) is 36.6 Å². The Kier molecular flexibility index (Phi) is 7.31. The summed E-state index contributed by atoms with van der Waals surface area (Å²) in [5.74, 6) is 4.50. The van der Waals surface area contributed by atoms with Gasteiger partial charge in [0.2, 0.25) is 5.91 Å². The van der Waals surface area contributed by atoms with E-state index in [9.17, 15) is 4.79 Å². The number of carbonyl (C=O) groups is 1. The van der Waals surface area contributed by atoms with Gasteiger partial charge in [-0.05, 0) is 43.0 Å². The van der Waals surface area contributed by atoms with Crippen molar-refractivity contribution in [1.82, 2.24) is 4.90 Å². The number of nitrogens with zero attached hydrogens (tertiary/aromatic N) is 1. The number of hydrogen-bond acceptors (Lipinski definition) is 4. The molecule has 1 amide bonds. The molecule has 2 rings (SSSR count). The summed E-state index contributed by atoms with van der Waals surface area (Å²) >= 11 is 1.57. The number of terminal acetylenes is 1. The molecule has 1 aliphatic rings. The van der Waals surface area contributed by atoms with E-state index in [1.165, 1.54) is 0 Å². The maximum Gasteiger partial charge on any atom is 0.232 e. The monoisotopic (exact) mass is 333 g/mol. The Bertz CT molecular complexity index is 530. The SMILES string of the molecule is C#CCOCC1CCN(C(=O)CSc2ccc(OC)cc2)CC1. The van der Waals surface area contributed by atoms with Gasteiger partial charge in [-0.3, -0.25) is 4.79 Å². The Morgan fingerprint density at radius 1 is 1.35 bits per heavy atom. The molecule has 4 nitrogen and oxygen atoms in total. The van der Waals surface area contributed by atoms with Crippen LogP contribution in [0.15, 0.2) is 29.2 Å². The molecule has 1 saturated heterocycles. The fourth-order valence-corrected chi connectivity index (χ4v) is 3.34. The Labute approximate surface area is 142 Å². The molecule has 1 fully saturated rings. The second-order valence-corrected chi connectivity index (χ2v) is 6.56. The summed E-state index contributed by atoms with van der Waals surface area (Å²) < 4.78 is 10.5. The Morgan fingerprint density at radius 3 is 2.65 bits per heavy atom. The van der Waals surface area contributed by atoms with Crippen LogP contribution in [-0.4, -0.2) is 50.0 Å². The molecule has 1 aromatic carbocycles. The van der Waals surface area contributed by atoms with Crippen molar-refractivity contribution in [3.8, 4) is 18.1 Å². The second kappa shape index (κ2) is 9.49. The van der Waals surface area contributed by atoms with Crippen molar-refractivity contribution < 1.29 is 14.3 Å². The highest BCUT2D eigenvalue weighted by atomic mass is 32.2. The van der Waals surface area contributed by atoms with E-state index in [1.54, 1.807) is 18.9 Å². The minimum absolute atomic E-state index is 0.203. The number of methoxy groups -OCH3 is 1. The highest BCUT2D eigenvalue weighted by molar-refractivity contribution is 8.00. The summed E-state index contributed by atoms with van der Waals surface area (Å²) in [7, 11) is 1.65. The lowest BCUT2D eigenvalue weighted by atomic mass is 9.98. The first kappa shape index (κ1) is 17.7. The number of benzene rings is 1. The van der Waals surface area contributed by atoms with Crippen LogP contribution in [0.3, 0.4) is 0 Å². The number of piperidine rings is 1. The Balaban J connectivity index is 1.69. The number of likely N-dealkylation sites (tertiary alicyclic amines) is 1. The molecule has 0 N–H and O–H groups in total. The summed E-state index contributed by atoms with van der Waals surface area (Å²) in [5.41, 5.74) is 0. The molecule has 0 atom stereocenters. The molecule has 0 radical (unpaired) electrons. The molecule has 5 heteroatoms. The lowest BCUT2D eigenvalue weighted by Gasteiger charge is -2.31. The van der Waals surface area contributed by atoms with Gasteiger partial charge in [-0.1, -0.05) is 5.92 Å². The van der Waals surface area contributed by atoms with Gasteiger partial charge >= 0.3 is 0 Å². The lowest BCUT2D eigenvalue weighted by molar-refractivity contribution is -0.130. The van der Waals surface area contributed by atoms with Crippen molar-refractivity contribution in [1.29, 1.82) is 0 Å². The Hall–Kier alpha value is -1.64. The minimum atomic E-state index is 0.203. The van der Waals surface area contributed by atoms with Gasteiger partial charge in [0, 0.05) is 18.0 Å². The van der Waals surface area contributed by atoms with Crippen molar-refractivity contribution in [2.45, 2.75) is 17.7 Å². The zero-order valence-corrected chi connectivity index (χ0v) is 14.3. The van der Waals surface area contributed by atoms with Crippen molar-refractivity contribution >= 4 is 17.7 Å². The summed E-state index contributed by atoms with van der Waals surface area (Å²) in [4.78, 5) is 15.3. The van der Waals surface area contributed by atoms with Gasteiger partial charge in [0.25, 0.3) is 0 Å². The second-order valence-electron chi connectivity index (χ2n) is 5.51. The summed E-state index contributed by atoms with van der Waals surface area (Å²) in [6.07, 6.45) is 7.15. The van der Waals surface area contributed by atoms with Crippen LogP contribution in [0.1, 0.15) is 12.8 Å². The average Bonchev–Trinajstić information content (AvgIpc) is 2.61. The average molecular weight is 333 g/mol. The zero-order chi connectivity index (χ0) is 16.5. The molecule has 1 aliphatic heterocycles. The fourth-order valence-electron chi connectivity index (χ4n) is 2.54. The number of ether oxygens (including phenoxy) is 2. The molecule has 23 heavy (non-hydrogen) atoms. The van der Waals surface area contributed by atoms with Crippen molar-refractivity contribution in [2.75, 3.05) is 39.2 Å². The van der Waals surface area contributed by atoms with E-state index in [4.69, 9.17) is 15.9 Å². The van der Waals surface area contributed by atoms with Crippen LogP contribution in [0.25, 0.3) is 0 Å². The molecule has 1 aromatic rings. The quantitative estimate of drug-likeness (QED) is 0.437. The van der Waals surface area contributed by atoms with Gasteiger partial charge in [-0.25, -0.2) is 0 Å². The van der Waals surface area contributed by atoms with Gasteiger partial charge in [-0.15, -0.1) is 18.2 Å². The summed E-state index contributed by atoms with van der Waals surface area (Å²) in [5, 5.41) is 0. The predicted molar refractivity (Wildman–Crippen MR) is 92.7 cm³/mol. The Morgan fingerprint density at radius 2 is 2.04 bits per heavy atom. The van der Waals surface area contributed by atoms with E-state index < -0.39 is 0 Å². The van der Waals surface area contributed by atoms with E-state index >= 15 is 0 Å². The molecular formula is C18H23NO3S. The smallest absolute Gasteiger partial charge is 0.232 e. The topological polar surface area (TPSA) is 38.8 Å². The van der Waals surface area contributed by atoms with Gasteiger partial charge in [0.15, 0.2) is 0 Å². The van der Waals surface area contributed by atoms with Gasteiger partial charge in [-0.2, -0.15) is 0 Å². The molecule has 1 heterocycles. The van der Waals surface area contributed by atoms with Crippen LogP contribution >= 0.6 is 11.8 Å². The van der Waals surface area contributed by atoms with Crippen LogP contribution in [0.2, 0.25) is 0 Å². The van der Waals surface area contributed by atoms with Gasteiger partial charge < -0.3 is 14.4 Å². The number of rotatable bonds is 7. The summed E-state index contributed by atoms with van der Waals surface area (Å²) in [6, 6.07) is 7.78. The number of amides is 1. The molecule has 0 bridgehead atoms. The van der Waals surface area contributed by atoms with Crippen molar-refractivity contribution in [3.05, 3.63) is 24.3 Å². The maximum absolute atomic E-state index is 12.3. The first-order chi connectivity index (χ1) is 11.2. The van der Waals surface area contributed by atoms with E-state index in [1.807, 2.05) is 29.2 Å². The van der Waals surface area contributed by atoms with E-state index in [0.29, 0.717) is 24.9 Å². The van der Waals surface area contributed by atoms with E-state index in [-0.39, 0.29) is 5.91 Å². The lowest BCUT2D eigenvalue weighted by Crippen LogP contribution is -2.40.